The third-order valence-corrected chi connectivity index (χ3v) is 2.90. The first-order valence-electron chi connectivity index (χ1n) is 7.06. The lowest BCUT2D eigenvalue weighted by molar-refractivity contribution is 0.0260. The molecule has 0 aromatic heterocycles. The van der Waals surface area contributed by atoms with Gasteiger partial charge in [-0.1, -0.05) is 19.3 Å². The molecule has 4 heteroatoms. The first-order chi connectivity index (χ1) is 8.47. The molecule has 1 saturated carbocycles. The van der Waals surface area contributed by atoms with Crippen LogP contribution in [0.25, 0.3) is 0 Å². The number of alkyl carbamates (subject to hydrolysis) is 1. The minimum absolute atomic E-state index is 0.347. The third-order valence-electron chi connectivity index (χ3n) is 2.90. The van der Waals surface area contributed by atoms with Crippen LogP contribution in [0.2, 0.25) is 0 Å². The molecule has 0 aromatic rings. The number of amides is 1. The van der Waals surface area contributed by atoms with Gasteiger partial charge in [-0.3, -0.25) is 0 Å². The first kappa shape index (κ1) is 15.3. The van der Waals surface area contributed by atoms with Crippen LogP contribution in [0.3, 0.4) is 0 Å². The SMILES string of the molecule is CC(C)(C)OC(=O)NCCCOC1CCCCC1. The van der Waals surface area contributed by atoms with Crippen molar-refractivity contribution in [1.82, 2.24) is 5.32 Å². The second-order valence-corrected chi connectivity index (χ2v) is 5.91. The zero-order valence-corrected chi connectivity index (χ0v) is 12.0. The molecule has 0 heterocycles. The van der Waals surface area contributed by atoms with Gasteiger partial charge in [0.2, 0.25) is 0 Å². The number of ether oxygens (including phenoxy) is 2. The molecular weight excluding hydrogens is 230 g/mol. The molecule has 1 N–H and O–H groups in total. The van der Waals surface area contributed by atoms with Crippen molar-refractivity contribution >= 4 is 6.09 Å². The molecule has 1 aliphatic rings. The van der Waals surface area contributed by atoms with E-state index in [-0.39, 0.29) is 6.09 Å². The summed E-state index contributed by atoms with van der Waals surface area (Å²) in [6.07, 6.45) is 7.26. The summed E-state index contributed by atoms with van der Waals surface area (Å²) in [4.78, 5) is 11.3. The molecule has 4 nitrogen and oxygen atoms in total. The molecule has 0 aliphatic heterocycles. The van der Waals surface area contributed by atoms with Crippen LogP contribution in [-0.4, -0.2) is 30.9 Å². The Hall–Kier alpha value is -0.770. The summed E-state index contributed by atoms with van der Waals surface area (Å²) in [7, 11) is 0. The second kappa shape index (κ2) is 7.62. The highest BCUT2D eigenvalue weighted by atomic mass is 16.6. The molecule has 0 spiro atoms. The van der Waals surface area contributed by atoms with Gasteiger partial charge in [-0.25, -0.2) is 4.79 Å². The van der Waals surface area contributed by atoms with Crippen LogP contribution < -0.4 is 5.32 Å². The van der Waals surface area contributed by atoms with Crippen molar-refractivity contribution in [2.75, 3.05) is 13.2 Å². The maximum absolute atomic E-state index is 11.3. The average Bonchev–Trinajstić information content (AvgIpc) is 2.27. The van der Waals surface area contributed by atoms with Crippen LogP contribution in [0, 0.1) is 0 Å². The van der Waals surface area contributed by atoms with Crippen molar-refractivity contribution in [2.24, 2.45) is 0 Å². The molecule has 1 fully saturated rings. The van der Waals surface area contributed by atoms with E-state index in [1.165, 1.54) is 32.1 Å². The van der Waals surface area contributed by atoms with Crippen molar-refractivity contribution in [3.05, 3.63) is 0 Å². The summed E-state index contributed by atoms with van der Waals surface area (Å²) in [6.45, 7) is 6.92. The maximum atomic E-state index is 11.3. The van der Waals surface area contributed by atoms with Crippen molar-refractivity contribution < 1.29 is 14.3 Å². The van der Waals surface area contributed by atoms with E-state index < -0.39 is 5.60 Å². The standard InChI is InChI=1S/C14H27NO3/c1-14(2,3)18-13(16)15-10-7-11-17-12-8-5-4-6-9-12/h12H,4-11H2,1-3H3,(H,15,16). The van der Waals surface area contributed by atoms with Crippen molar-refractivity contribution in [3.8, 4) is 0 Å². The van der Waals surface area contributed by atoms with Gasteiger partial charge in [-0.15, -0.1) is 0 Å². The average molecular weight is 257 g/mol. The molecule has 1 aliphatic carbocycles. The predicted octanol–water partition coefficient (Wildman–Crippen LogP) is 3.25. The monoisotopic (exact) mass is 257 g/mol. The lowest BCUT2D eigenvalue weighted by Gasteiger charge is -2.22. The number of nitrogens with one attached hydrogen (secondary N) is 1. The van der Waals surface area contributed by atoms with Crippen LogP contribution in [0.5, 0.6) is 0 Å². The van der Waals surface area contributed by atoms with Gasteiger partial charge < -0.3 is 14.8 Å². The fraction of sp³-hybridized carbons (Fsp3) is 0.929. The fourth-order valence-corrected chi connectivity index (χ4v) is 2.06. The Kier molecular flexibility index (Phi) is 6.47. The molecule has 0 bridgehead atoms. The summed E-state index contributed by atoms with van der Waals surface area (Å²) in [5, 5.41) is 2.74. The van der Waals surface area contributed by atoms with E-state index in [2.05, 4.69) is 5.32 Å². The number of rotatable bonds is 5. The molecule has 1 rings (SSSR count). The lowest BCUT2D eigenvalue weighted by atomic mass is 9.98. The number of carbonyl (C=O) groups is 1. The number of hydrogen-bond acceptors (Lipinski definition) is 3. The van der Waals surface area contributed by atoms with Crippen LogP contribution in [0.15, 0.2) is 0 Å². The highest BCUT2D eigenvalue weighted by Crippen LogP contribution is 2.20. The minimum Gasteiger partial charge on any atom is -0.444 e. The number of carbonyl (C=O) groups excluding carboxylic acids is 1. The molecule has 0 saturated heterocycles. The quantitative estimate of drug-likeness (QED) is 0.769. The smallest absolute Gasteiger partial charge is 0.407 e. The van der Waals surface area contributed by atoms with Crippen LogP contribution in [0.1, 0.15) is 59.3 Å². The molecule has 106 valence electrons. The number of hydrogen-bond donors (Lipinski definition) is 1. The summed E-state index contributed by atoms with van der Waals surface area (Å²) in [6, 6.07) is 0. The van der Waals surface area contributed by atoms with Gasteiger partial charge in [0.05, 0.1) is 6.10 Å². The molecule has 0 atom stereocenters. The summed E-state index contributed by atoms with van der Waals surface area (Å²) in [5.74, 6) is 0. The molecular formula is C14H27NO3. The van der Waals surface area contributed by atoms with Gasteiger partial charge in [-0.2, -0.15) is 0 Å². The highest BCUT2D eigenvalue weighted by molar-refractivity contribution is 5.67. The van der Waals surface area contributed by atoms with E-state index in [4.69, 9.17) is 9.47 Å². The Bertz CT molecular complexity index is 242. The van der Waals surface area contributed by atoms with E-state index in [1.54, 1.807) is 0 Å². The first-order valence-corrected chi connectivity index (χ1v) is 7.06. The highest BCUT2D eigenvalue weighted by Gasteiger charge is 2.16. The third kappa shape index (κ3) is 7.54. The van der Waals surface area contributed by atoms with E-state index in [0.29, 0.717) is 12.6 Å². The van der Waals surface area contributed by atoms with E-state index in [1.807, 2.05) is 20.8 Å². The summed E-state index contributed by atoms with van der Waals surface area (Å²) < 4.78 is 10.9. The lowest BCUT2D eigenvalue weighted by Crippen LogP contribution is -2.33. The maximum Gasteiger partial charge on any atom is 0.407 e. The molecule has 1 amide bonds. The normalized spacial score (nSPS) is 17.5. The van der Waals surface area contributed by atoms with E-state index >= 15 is 0 Å². The van der Waals surface area contributed by atoms with Crippen molar-refractivity contribution in [3.63, 3.8) is 0 Å². The van der Waals surface area contributed by atoms with Gasteiger partial charge >= 0.3 is 6.09 Å². The second-order valence-electron chi connectivity index (χ2n) is 5.91. The van der Waals surface area contributed by atoms with Gasteiger partial charge in [-0.05, 0) is 40.0 Å². The summed E-state index contributed by atoms with van der Waals surface area (Å²) in [5.41, 5.74) is -0.428. The van der Waals surface area contributed by atoms with Gasteiger partial charge in [0.15, 0.2) is 0 Å². The fourth-order valence-electron chi connectivity index (χ4n) is 2.06. The van der Waals surface area contributed by atoms with Crippen molar-refractivity contribution in [2.45, 2.75) is 71.0 Å². The van der Waals surface area contributed by atoms with Gasteiger partial charge in [0.25, 0.3) is 0 Å². The molecule has 18 heavy (non-hydrogen) atoms. The zero-order chi connectivity index (χ0) is 13.4. The Morgan fingerprint density at radius 2 is 1.89 bits per heavy atom. The molecule has 0 aromatic carbocycles. The summed E-state index contributed by atoms with van der Waals surface area (Å²) >= 11 is 0. The molecule has 0 radical (unpaired) electrons. The largest absolute Gasteiger partial charge is 0.444 e. The Morgan fingerprint density at radius 3 is 2.50 bits per heavy atom. The van der Waals surface area contributed by atoms with Crippen LogP contribution in [-0.2, 0) is 9.47 Å². The Balaban J connectivity index is 1.96. The van der Waals surface area contributed by atoms with E-state index in [9.17, 15) is 4.79 Å². The van der Waals surface area contributed by atoms with Gasteiger partial charge in [0.1, 0.15) is 5.60 Å². The van der Waals surface area contributed by atoms with Gasteiger partial charge in [0, 0.05) is 13.2 Å². The Labute approximate surface area is 110 Å². The predicted molar refractivity (Wildman–Crippen MR) is 71.7 cm³/mol. The minimum atomic E-state index is -0.428. The topological polar surface area (TPSA) is 47.6 Å². The van der Waals surface area contributed by atoms with Crippen LogP contribution >= 0.6 is 0 Å². The zero-order valence-electron chi connectivity index (χ0n) is 12.0. The molecule has 0 unspecified atom stereocenters. The Morgan fingerprint density at radius 1 is 1.22 bits per heavy atom. The van der Waals surface area contributed by atoms with Crippen LogP contribution in [0.4, 0.5) is 4.79 Å². The van der Waals surface area contributed by atoms with E-state index in [0.717, 1.165) is 13.0 Å². The van der Waals surface area contributed by atoms with Crippen molar-refractivity contribution in [1.29, 1.82) is 0 Å².